The molecule has 0 saturated carbocycles. The number of ether oxygens (including phenoxy) is 1. The van der Waals surface area contributed by atoms with Crippen molar-refractivity contribution in [3.63, 3.8) is 0 Å². The Labute approximate surface area is 128 Å². The van der Waals surface area contributed by atoms with Crippen LogP contribution >= 0.6 is 11.3 Å². The molecule has 118 valence electrons. The van der Waals surface area contributed by atoms with Crippen molar-refractivity contribution in [2.45, 2.75) is 17.1 Å². The normalized spacial score (nSPS) is 17.8. The molecule has 0 amide bonds. The van der Waals surface area contributed by atoms with Gasteiger partial charge in [0.15, 0.2) is 9.90 Å². The van der Waals surface area contributed by atoms with Gasteiger partial charge < -0.3 is 9.64 Å². The summed E-state index contributed by atoms with van der Waals surface area (Å²) in [5, 5.41) is 0. The molecule has 1 N–H and O–H groups in total. The second-order valence-electron chi connectivity index (χ2n) is 5.08. The second-order valence-corrected chi connectivity index (χ2v) is 7.90. The molecule has 2 rings (SSSR count). The number of nitrogens with one attached hydrogen (secondary N) is 1. The third kappa shape index (κ3) is 4.00. The summed E-state index contributed by atoms with van der Waals surface area (Å²) in [7, 11) is -0.470. The highest BCUT2D eigenvalue weighted by Gasteiger charge is 2.27. The van der Waals surface area contributed by atoms with E-state index in [1.54, 1.807) is 0 Å². The monoisotopic (exact) mass is 333 g/mol. The SMILES string of the molecule is COC(=O)c1ncsc1S(=O)(=O)NCC1CCN(C)CC1. The molecule has 21 heavy (non-hydrogen) atoms. The van der Waals surface area contributed by atoms with E-state index in [0.717, 1.165) is 37.3 Å². The molecule has 1 aliphatic heterocycles. The fourth-order valence-electron chi connectivity index (χ4n) is 2.22. The van der Waals surface area contributed by atoms with E-state index in [1.165, 1.54) is 12.6 Å². The molecule has 1 saturated heterocycles. The van der Waals surface area contributed by atoms with Crippen molar-refractivity contribution in [1.82, 2.24) is 14.6 Å². The Morgan fingerprint density at radius 1 is 1.52 bits per heavy atom. The lowest BCUT2D eigenvalue weighted by atomic mass is 9.98. The fourth-order valence-corrected chi connectivity index (χ4v) is 4.51. The number of sulfonamides is 1. The average molecular weight is 333 g/mol. The number of hydrogen-bond donors (Lipinski definition) is 1. The molecular weight excluding hydrogens is 314 g/mol. The number of rotatable bonds is 5. The lowest BCUT2D eigenvalue weighted by molar-refractivity contribution is 0.0590. The first-order valence-electron chi connectivity index (χ1n) is 6.64. The summed E-state index contributed by atoms with van der Waals surface area (Å²) < 4.78 is 31.6. The van der Waals surface area contributed by atoms with Crippen molar-refractivity contribution >= 4 is 27.3 Å². The number of carbonyl (C=O) groups excluding carboxylic acids is 1. The first-order valence-corrected chi connectivity index (χ1v) is 9.00. The minimum Gasteiger partial charge on any atom is -0.464 e. The van der Waals surface area contributed by atoms with Gasteiger partial charge in [0.1, 0.15) is 0 Å². The number of hydrogen-bond acceptors (Lipinski definition) is 7. The molecule has 2 heterocycles. The molecule has 1 fully saturated rings. The maximum atomic E-state index is 12.3. The van der Waals surface area contributed by atoms with Gasteiger partial charge in [-0.2, -0.15) is 0 Å². The number of aromatic nitrogens is 1. The zero-order chi connectivity index (χ0) is 15.5. The fraction of sp³-hybridized carbons (Fsp3) is 0.667. The zero-order valence-corrected chi connectivity index (χ0v) is 13.7. The first-order chi connectivity index (χ1) is 9.94. The molecule has 1 aliphatic rings. The van der Waals surface area contributed by atoms with Crippen LogP contribution in [0.15, 0.2) is 9.72 Å². The van der Waals surface area contributed by atoms with Crippen LogP contribution in [0.1, 0.15) is 23.3 Å². The Hall–Kier alpha value is -1.03. The van der Waals surface area contributed by atoms with Crippen LogP contribution in [0, 0.1) is 5.92 Å². The van der Waals surface area contributed by atoms with Gasteiger partial charge in [-0.3, -0.25) is 0 Å². The second kappa shape index (κ2) is 6.82. The maximum absolute atomic E-state index is 12.3. The minimum atomic E-state index is -3.72. The van der Waals surface area contributed by atoms with Crippen LogP contribution < -0.4 is 4.72 Å². The number of thiazole rings is 1. The third-order valence-electron chi connectivity index (χ3n) is 3.56. The van der Waals surface area contributed by atoms with E-state index in [4.69, 9.17) is 0 Å². The van der Waals surface area contributed by atoms with Gasteiger partial charge in [-0.05, 0) is 38.9 Å². The lowest BCUT2D eigenvalue weighted by Gasteiger charge is -2.28. The van der Waals surface area contributed by atoms with Crippen molar-refractivity contribution in [2.75, 3.05) is 33.8 Å². The quantitative estimate of drug-likeness (QED) is 0.792. The maximum Gasteiger partial charge on any atom is 0.358 e. The van der Waals surface area contributed by atoms with E-state index in [1.807, 2.05) is 0 Å². The highest BCUT2D eigenvalue weighted by atomic mass is 32.2. The van der Waals surface area contributed by atoms with Crippen molar-refractivity contribution in [3.8, 4) is 0 Å². The van der Waals surface area contributed by atoms with Crippen LogP contribution in [-0.4, -0.2) is 58.1 Å². The predicted molar refractivity (Wildman–Crippen MR) is 78.9 cm³/mol. The largest absolute Gasteiger partial charge is 0.464 e. The predicted octanol–water partition coefficient (Wildman–Crippen LogP) is 0.550. The summed E-state index contributed by atoms with van der Waals surface area (Å²) in [4.78, 5) is 17.5. The summed E-state index contributed by atoms with van der Waals surface area (Å²) in [6, 6.07) is 0. The van der Waals surface area contributed by atoms with E-state index in [-0.39, 0.29) is 9.90 Å². The van der Waals surface area contributed by atoms with Gasteiger partial charge in [0.25, 0.3) is 10.0 Å². The van der Waals surface area contributed by atoms with Crippen LogP contribution in [0.5, 0.6) is 0 Å². The summed E-state index contributed by atoms with van der Waals surface area (Å²) >= 11 is 0.917. The van der Waals surface area contributed by atoms with Crippen molar-refractivity contribution in [2.24, 2.45) is 5.92 Å². The van der Waals surface area contributed by atoms with E-state index in [9.17, 15) is 13.2 Å². The molecule has 0 aromatic carbocycles. The number of piperidine rings is 1. The smallest absolute Gasteiger partial charge is 0.358 e. The molecule has 0 radical (unpaired) electrons. The molecular formula is C12H19N3O4S2. The van der Waals surface area contributed by atoms with Crippen molar-refractivity contribution in [1.29, 1.82) is 0 Å². The van der Waals surface area contributed by atoms with E-state index in [0.29, 0.717) is 12.5 Å². The van der Waals surface area contributed by atoms with Gasteiger partial charge in [-0.25, -0.2) is 22.9 Å². The Morgan fingerprint density at radius 3 is 2.81 bits per heavy atom. The number of methoxy groups -OCH3 is 1. The van der Waals surface area contributed by atoms with Gasteiger partial charge in [-0.15, -0.1) is 11.3 Å². The van der Waals surface area contributed by atoms with E-state index in [2.05, 4.69) is 26.4 Å². The minimum absolute atomic E-state index is 0.0812. The van der Waals surface area contributed by atoms with Crippen LogP contribution in [0.3, 0.4) is 0 Å². The zero-order valence-electron chi connectivity index (χ0n) is 12.0. The molecule has 0 unspecified atom stereocenters. The number of esters is 1. The Bertz CT molecular complexity index is 591. The van der Waals surface area contributed by atoms with Gasteiger partial charge in [0.05, 0.1) is 12.6 Å². The van der Waals surface area contributed by atoms with E-state index < -0.39 is 16.0 Å². The molecule has 0 aliphatic carbocycles. The van der Waals surface area contributed by atoms with Crippen LogP contribution in [-0.2, 0) is 14.8 Å². The Balaban J connectivity index is 2.02. The lowest BCUT2D eigenvalue weighted by Crippen LogP contribution is -2.37. The molecule has 0 spiro atoms. The molecule has 9 heteroatoms. The number of likely N-dealkylation sites (tertiary alicyclic amines) is 1. The van der Waals surface area contributed by atoms with E-state index >= 15 is 0 Å². The highest BCUT2D eigenvalue weighted by Crippen LogP contribution is 2.22. The van der Waals surface area contributed by atoms with Gasteiger partial charge >= 0.3 is 5.97 Å². The van der Waals surface area contributed by atoms with Gasteiger partial charge in [0.2, 0.25) is 0 Å². The van der Waals surface area contributed by atoms with Crippen molar-refractivity contribution in [3.05, 3.63) is 11.2 Å². The highest BCUT2D eigenvalue weighted by molar-refractivity contribution is 7.91. The van der Waals surface area contributed by atoms with Crippen LogP contribution in [0.4, 0.5) is 0 Å². The van der Waals surface area contributed by atoms with Crippen molar-refractivity contribution < 1.29 is 17.9 Å². The molecule has 0 bridgehead atoms. The number of nitrogens with zero attached hydrogens (tertiary/aromatic N) is 2. The first kappa shape index (κ1) is 16.3. The molecule has 1 aromatic heterocycles. The van der Waals surface area contributed by atoms with Gasteiger partial charge in [-0.1, -0.05) is 0 Å². The summed E-state index contributed by atoms with van der Waals surface area (Å²) in [6.07, 6.45) is 1.93. The Morgan fingerprint density at radius 2 is 2.19 bits per heavy atom. The molecule has 1 aromatic rings. The Kier molecular flexibility index (Phi) is 5.31. The topological polar surface area (TPSA) is 88.6 Å². The third-order valence-corrected chi connectivity index (χ3v) is 6.35. The average Bonchev–Trinajstić information content (AvgIpc) is 2.96. The standard InChI is InChI=1S/C12H19N3O4S2/c1-15-5-3-9(4-6-15)7-14-21(17,18)12-10(11(16)19-2)13-8-20-12/h8-9,14H,3-7H2,1-2H3. The van der Waals surface area contributed by atoms with Gasteiger partial charge in [0, 0.05) is 6.54 Å². The molecule has 0 atom stereocenters. The van der Waals surface area contributed by atoms with Crippen LogP contribution in [0.2, 0.25) is 0 Å². The van der Waals surface area contributed by atoms with Crippen LogP contribution in [0.25, 0.3) is 0 Å². The summed E-state index contributed by atoms with van der Waals surface area (Å²) in [5.41, 5.74) is 1.18. The summed E-state index contributed by atoms with van der Waals surface area (Å²) in [6.45, 7) is 2.33. The summed E-state index contributed by atoms with van der Waals surface area (Å²) in [5.74, 6) is -0.415. The molecule has 7 nitrogen and oxygen atoms in total. The number of carbonyl (C=O) groups is 1.